The maximum absolute atomic E-state index is 3.58. The molecule has 0 aliphatic heterocycles. The van der Waals surface area contributed by atoms with Gasteiger partial charge in [-0.1, -0.05) is 66.5 Å². The van der Waals surface area contributed by atoms with Gasteiger partial charge in [-0.05, 0) is 30.5 Å². The number of rotatable bonds is 6. The predicted molar refractivity (Wildman–Crippen MR) is 80.1 cm³/mol. The monoisotopic (exact) mass is 295 g/mol. The van der Waals surface area contributed by atoms with Crippen LogP contribution in [0.2, 0.25) is 0 Å². The highest BCUT2D eigenvalue weighted by atomic mass is 79.9. The fourth-order valence-corrected chi connectivity index (χ4v) is 2.01. The van der Waals surface area contributed by atoms with Crippen LogP contribution in [0, 0.1) is 5.92 Å². The van der Waals surface area contributed by atoms with Crippen LogP contribution in [-0.2, 0) is 0 Å². The highest BCUT2D eigenvalue weighted by molar-refractivity contribution is 9.10. The van der Waals surface area contributed by atoms with Crippen molar-refractivity contribution >= 4 is 22.0 Å². The van der Waals surface area contributed by atoms with E-state index in [2.05, 4.69) is 66.3 Å². The number of nitrogens with one attached hydrogen (secondary N) is 1. The van der Waals surface area contributed by atoms with Gasteiger partial charge in [0.05, 0.1) is 0 Å². The lowest BCUT2D eigenvalue weighted by Gasteiger charge is -2.10. The molecule has 0 aliphatic rings. The zero-order valence-corrected chi connectivity index (χ0v) is 12.5. The Hall–Kier alpha value is -0.600. The predicted octanol–water partition coefficient (Wildman–Crippen LogP) is 4.49. The molecule has 17 heavy (non-hydrogen) atoms. The Labute approximate surface area is 113 Å². The Morgan fingerprint density at radius 1 is 1.35 bits per heavy atom. The molecule has 0 aliphatic carbocycles. The summed E-state index contributed by atoms with van der Waals surface area (Å²) >= 11 is 3.58. The van der Waals surface area contributed by atoms with Gasteiger partial charge >= 0.3 is 0 Å². The Balaban J connectivity index is 2.63. The van der Waals surface area contributed by atoms with Gasteiger partial charge in [-0.3, -0.25) is 0 Å². The Morgan fingerprint density at radius 3 is 2.65 bits per heavy atom. The van der Waals surface area contributed by atoms with E-state index in [0.717, 1.165) is 24.0 Å². The molecule has 0 fully saturated rings. The lowest BCUT2D eigenvalue weighted by atomic mass is 10.1. The lowest BCUT2D eigenvalue weighted by molar-refractivity contribution is 0.569. The van der Waals surface area contributed by atoms with Crippen LogP contribution in [0.15, 0.2) is 34.3 Å². The molecule has 1 N–H and O–H groups in total. The first kappa shape index (κ1) is 14.5. The minimum Gasteiger partial charge on any atom is -0.313 e. The first-order valence-corrected chi connectivity index (χ1v) is 7.07. The van der Waals surface area contributed by atoms with Crippen molar-refractivity contribution in [2.45, 2.75) is 27.2 Å². The fraction of sp³-hybridized carbons (Fsp3) is 0.467. The second-order valence-electron chi connectivity index (χ2n) is 4.70. The van der Waals surface area contributed by atoms with E-state index < -0.39 is 0 Å². The van der Waals surface area contributed by atoms with Gasteiger partial charge in [0.25, 0.3) is 0 Å². The van der Waals surface area contributed by atoms with Gasteiger partial charge in [0, 0.05) is 11.0 Å². The summed E-state index contributed by atoms with van der Waals surface area (Å²) in [6.07, 6.45) is 3.36. The summed E-state index contributed by atoms with van der Waals surface area (Å²) in [5.74, 6) is 0.705. The van der Waals surface area contributed by atoms with E-state index in [9.17, 15) is 0 Å². The van der Waals surface area contributed by atoms with Gasteiger partial charge in [-0.2, -0.15) is 0 Å². The zero-order valence-electron chi connectivity index (χ0n) is 11.0. The first-order valence-electron chi connectivity index (χ1n) is 6.28. The van der Waals surface area contributed by atoms with Gasteiger partial charge < -0.3 is 5.32 Å². The molecule has 0 saturated carbocycles. The van der Waals surface area contributed by atoms with Gasteiger partial charge in [-0.25, -0.2) is 0 Å². The normalized spacial score (nSPS) is 12.2. The molecule has 1 aromatic carbocycles. The van der Waals surface area contributed by atoms with E-state index in [4.69, 9.17) is 0 Å². The van der Waals surface area contributed by atoms with E-state index in [0.29, 0.717) is 5.92 Å². The van der Waals surface area contributed by atoms with Gasteiger partial charge in [-0.15, -0.1) is 0 Å². The zero-order chi connectivity index (χ0) is 12.7. The maximum Gasteiger partial charge on any atom is 0.0247 e. The second kappa shape index (κ2) is 7.67. The van der Waals surface area contributed by atoms with E-state index in [-0.39, 0.29) is 0 Å². The van der Waals surface area contributed by atoms with E-state index in [1.165, 1.54) is 11.1 Å². The molecule has 94 valence electrons. The summed E-state index contributed by atoms with van der Waals surface area (Å²) in [6, 6.07) is 8.35. The van der Waals surface area contributed by atoms with Crippen LogP contribution in [0.4, 0.5) is 0 Å². The van der Waals surface area contributed by atoms with Crippen LogP contribution in [0.1, 0.15) is 32.8 Å². The standard InChI is InChI=1S/C15H22BrN/c1-4-13(11-17-10-12(2)3)9-14-7-5-6-8-15(14)16/h5-9,12,17H,4,10-11H2,1-3H3. The number of benzene rings is 1. The molecular formula is C15H22BrN. The summed E-state index contributed by atoms with van der Waals surface area (Å²) in [7, 11) is 0. The molecule has 0 aromatic heterocycles. The number of hydrogen-bond donors (Lipinski definition) is 1. The van der Waals surface area contributed by atoms with Crippen molar-refractivity contribution in [3.8, 4) is 0 Å². The maximum atomic E-state index is 3.58. The van der Waals surface area contributed by atoms with Crippen molar-refractivity contribution in [2.24, 2.45) is 5.92 Å². The minimum absolute atomic E-state index is 0.705. The third-order valence-corrected chi connectivity index (χ3v) is 3.35. The number of halogens is 1. The van der Waals surface area contributed by atoms with Crippen molar-refractivity contribution in [1.82, 2.24) is 5.32 Å². The Bertz CT molecular complexity index is 369. The quantitative estimate of drug-likeness (QED) is 0.815. The minimum atomic E-state index is 0.705. The highest BCUT2D eigenvalue weighted by Crippen LogP contribution is 2.19. The van der Waals surface area contributed by atoms with E-state index in [1.807, 2.05) is 6.07 Å². The molecule has 0 unspecified atom stereocenters. The van der Waals surface area contributed by atoms with Crippen molar-refractivity contribution in [3.63, 3.8) is 0 Å². The van der Waals surface area contributed by atoms with Crippen LogP contribution < -0.4 is 5.32 Å². The van der Waals surface area contributed by atoms with Crippen LogP contribution >= 0.6 is 15.9 Å². The highest BCUT2D eigenvalue weighted by Gasteiger charge is 1.99. The van der Waals surface area contributed by atoms with E-state index in [1.54, 1.807) is 0 Å². The summed E-state index contributed by atoms with van der Waals surface area (Å²) in [5, 5.41) is 3.49. The molecular weight excluding hydrogens is 274 g/mol. The Morgan fingerprint density at radius 2 is 2.06 bits per heavy atom. The van der Waals surface area contributed by atoms with Gasteiger partial charge in [0.15, 0.2) is 0 Å². The van der Waals surface area contributed by atoms with Gasteiger partial charge in [0.1, 0.15) is 0 Å². The van der Waals surface area contributed by atoms with Crippen LogP contribution in [0.25, 0.3) is 6.08 Å². The summed E-state index contributed by atoms with van der Waals surface area (Å²) < 4.78 is 1.16. The topological polar surface area (TPSA) is 12.0 Å². The number of hydrogen-bond acceptors (Lipinski definition) is 1. The Kier molecular flexibility index (Phi) is 6.53. The molecule has 0 saturated heterocycles. The lowest BCUT2D eigenvalue weighted by Crippen LogP contribution is -2.21. The molecule has 1 nitrogen and oxygen atoms in total. The second-order valence-corrected chi connectivity index (χ2v) is 5.56. The van der Waals surface area contributed by atoms with Crippen LogP contribution in [0.3, 0.4) is 0 Å². The summed E-state index contributed by atoms with van der Waals surface area (Å²) in [5.41, 5.74) is 2.70. The van der Waals surface area contributed by atoms with Crippen molar-refractivity contribution in [2.75, 3.05) is 13.1 Å². The summed E-state index contributed by atoms with van der Waals surface area (Å²) in [6.45, 7) is 8.73. The smallest absolute Gasteiger partial charge is 0.0247 e. The molecule has 0 spiro atoms. The molecule has 2 heteroatoms. The molecule has 1 rings (SSSR count). The summed E-state index contributed by atoms with van der Waals surface area (Å²) in [4.78, 5) is 0. The SMILES string of the molecule is CCC(=Cc1ccccc1Br)CNCC(C)C. The fourth-order valence-electron chi connectivity index (χ4n) is 1.61. The first-order chi connectivity index (χ1) is 8.13. The molecule has 0 radical (unpaired) electrons. The molecule has 0 heterocycles. The van der Waals surface area contributed by atoms with Crippen LogP contribution in [0.5, 0.6) is 0 Å². The molecule has 1 aromatic rings. The average Bonchev–Trinajstić information content (AvgIpc) is 2.30. The molecule has 0 amide bonds. The van der Waals surface area contributed by atoms with E-state index >= 15 is 0 Å². The molecule has 0 atom stereocenters. The average molecular weight is 296 g/mol. The van der Waals surface area contributed by atoms with Crippen molar-refractivity contribution in [1.29, 1.82) is 0 Å². The third-order valence-electron chi connectivity index (χ3n) is 2.62. The molecule has 0 bridgehead atoms. The van der Waals surface area contributed by atoms with Crippen LogP contribution in [-0.4, -0.2) is 13.1 Å². The largest absolute Gasteiger partial charge is 0.313 e. The van der Waals surface area contributed by atoms with Crippen molar-refractivity contribution < 1.29 is 0 Å². The van der Waals surface area contributed by atoms with Crippen molar-refractivity contribution in [3.05, 3.63) is 39.9 Å². The van der Waals surface area contributed by atoms with Gasteiger partial charge in [0.2, 0.25) is 0 Å². The third kappa shape index (κ3) is 5.51.